The molecule has 0 spiro atoms. The van der Waals surface area contributed by atoms with Gasteiger partial charge in [0.2, 0.25) is 0 Å². The largest absolute Gasteiger partial charge is 0 e. The molecule has 30 valence electrons. The minimum Gasteiger partial charge on any atom is 0 e. The van der Waals surface area contributed by atoms with E-state index in [0.29, 0.717) is 0 Å². The van der Waals surface area contributed by atoms with Crippen molar-refractivity contribution in [2.45, 2.75) is 0 Å². The molecule has 0 rings (SSSR count). The molecule has 0 aliphatic heterocycles. The Balaban J connectivity index is 0. The van der Waals surface area contributed by atoms with Crippen LogP contribution in [0, 0.1) is 0 Å². The summed E-state index contributed by atoms with van der Waals surface area (Å²) in [5.74, 6) is 0. The predicted molar refractivity (Wildman–Crippen MR) is 28.8 cm³/mol. The van der Waals surface area contributed by atoms with E-state index in [4.69, 9.17) is 0 Å². The van der Waals surface area contributed by atoms with E-state index in [0.717, 1.165) is 0 Å². The molecule has 6 heavy (non-hydrogen) atoms. The summed E-state index contributed by atoms with van der Waals surface area (Å²) in [4.78, 5) is 0. The first-order valence-electron chi connectivity index (χ1n) is 0. The van der Waals surface area contributed by atoms with Crippen LogP contribution in [0.3, 0.4) is 0 Å². The quantitative estimate of drug-likeness (QED) is 0.269. The van der Waals surface area contributed by atoms with Gasteiger partial charge in [0.15, 0.2) is 0 Å². The van der Waals surface area contributed by atoms with E-state index in [9.17, 15) is 0 Å². The molecule has 0 bridgehead atoms. The van der Waals surface area contributed by atoms with E-state index in [1.54, 1.807) is 0 Å². The van der Waals surface area contributed by atoms with Gasteiger partial charge in [-0.3, -0.25) is 0 Å². The smallest absolute Gasteiger partial charge is 0 e. The fourth-order valence-electron chi connectivity index (χ4n) is 0. The van der Waals surface area contributed by atoms with Crippen LogP contribution in [0.15, 0.2) is 0 Å². The second-order valence-corrected chi connectivity index (χ2v) is 0. The zero-order valence-corrected chi connectivity index (χ0v) is 18.1. The zero-order chi connectivity index (χ0) is 0. The van der Waals surface area contributed by atoms with Crippen molar-refractivity contribution in [2.24, 2.45) is 0 Å². The summed E-state index contributed by atoms with van der Waals surface area (Å²) in [6.45, 7) is 0. The van der Waals surface area contributed by atoms with Crippen molar-refractivity contribution in [1.29, 1.82) is 0 Å². The minimum absolute atomic E-state index is 0. The molecule has 0 aliphatic rings. The van der Waals surface area contributed by atoms with Crippen LogP contribution in [0.1, 0.15) is 0 Å². The SMILES string of the molecule is [Ni].[Sn].[Sn].[Sn].[Sn].[Sn]. The Kier molecular flexibility index (Phi) is 265. The molecule has 0 amide bonds. The molecular weight excluding hydrogens is 652 g/mol. The van der Waals surface area contributed by atoms with Crippen LogP contribution in [0.25, 0.3) is 0 Å². The molecule has 0 saturated heterocycles. The molecule has 0 aromatic carbocycles. The topological polar surface area (TPSA) is 0 Å². The third-order valence-electron chi connectivity index (χ3n) is 0. The molecule has 0 aromatic heterocycles. The fourth-order valence-corrected chi connectivity index (χ4v) is 0. The van der Waals surface area contributed by atoms with E-state index in [1.165, 1.54) is 0 Å². The van der Waals surface area contributed by atoms with Crippen molar-refractivity contribution in [3.8, 4) is 0 Å². The molecule has 0 unspecified atom stereocenters. The van der Waals surface area contributed by atoms with Crippen LogP contribution in [0.2, 0.25) is 0 Å². The Hall–Kier alpha value is 4.49. The van der Waals surface area contributed by atoms with Gasteiger partial charge in [-0.1, -0.05) is 0 Å². The Labute approximate surface area is 133 Å². The molecular formula is NiSn5. The maximum atomic E-state index is 0. The molecule has 0 N–H and O–H groups in total. The van der Waals surface area contributed by atoms with E-state index < -0.39 is 0 Å². The Morgan fingerprint density at radius 1 is 0.333 bits per heavy atom. The third-order valence-corrected chi connectivity index (χ3v) is 0. The Morgan fingerprint density at radius 3 is 0.333 bits per heavy atom. The molecule has 0 aromatic rings. The Bertz CT molecular complexity index is 3.90. The maximum absolute atomic E-state index is 0. The van der Waals surface area contributed by atoms with Crippen LogP contribution >= 0.6 is 0 Å². The van der Waals surface area contributed by atoms with Gasteiger partial charge < -0.3 is 0 Å². The summed E-state index contributed by atoms with van der Waals surface area (Å²) >= 11 is 0. The normalized spacial score (nSPS) is 0. The van der Waals surface area contributed by atoms with Crippen molar-refractivity contribution in [3.63, 3.8) is 0 Å². The van der Waals surface area contributed by atoms with Crippen molar-refractivity contribution >= 4 is 120 Å². The van der Waals surface area contributed by atoms with Gasteiger partial charge in [-0.2, -0.15) is 0 Å². The first kappa shape index (κ1) is 46.9. The van der Waals surface area contributed by atoms with Crippen molar-refractivity contribution < 1.29 is 16.5 Å². The van der Waals surface area contributed by atoms with Gasteiger partial charge in [0.1, 0.15) is 0 Å². The van der Waals surface area contributed by atoms with Crippen molar-refractivity contribution in [1.82, 2.24) is 0 Å². The number of hydrogen-bond acceptors (Lipinski definition) is 0. The zero-order valence-electron chi connectivity index (χ0n) is 2.82. The maximum Gasteiger partial charge on any atom is 0 e. The summed E-state index contributed by atoms with van der Waals surface area (Å²) in [6.07, 6.45) is 0. The van der Waals surface area contributed by atoms with Crippen molar-refractivity contribution in [3.05, 3.63) is 0 Å². The molecule has 0 aliphatic carbocycles. The van der Waals surface area contributed by atoms with E-state index in [-0.39, 0.29) is 136 Å². The van der Waals surface area contributed by atoms with Crippen LogP contribution in [-0.2, 0) is 16.5 Å². The second kappa shape index (κ2) is 33.9. The van der Waals surface area contributed by atoms with Gasteiger partial charge in [-0.15, -0.1) is 0 Å². The number of rotatable bonds is 0. The van der Waals surface area contributed by atoms with Crippen LogP contribution < -0.4 is 0 Å². The molecule has 0 nitrogen and oxygen atoms in total. The van der Waals surface area contributed by atoms with Crippen LogP contribution in [0.4, 0.5) is 0 Å². The fraction of sp³-hybridized carbons (Fsp3) is 0. The molecule has 0 atom stereocenters. The van der Waals surface area contributed by atoms with Crippen LogP contribution in [0.5, 0.6) is 0 Å². The number of hydrogen-bond donors (Lipinski definition) is 0. The minimum atomic E-state index is 0. The van der Waals surface area contributed by atoms with Crippen LogP contribution in [-0.4, -0.2) is 120 Å². The monoisotopic (exact) mass is 657 g/mol. The Morgan fingerprint density at radius 2 is 0.333 bits per heavy atom. The molecule has 6 heteroatoms. The average Bonchev–Trinajstić information content (AvgIpc) is 0. The summed E-state index contributed by atoms with van der Waals surface area (Å²) < 4.78 is 0. The molecule has 0 fully saturated rings. The van der Waals surface area contributed by atoms with E-state index in [2.05, 4.69) is 0 Å². The van der Waals surface area contributed by atoms with Gasteiger partial charge >= 0.3 is 0 Å². The van der Waals surface area contributed by atoms with E-state index in [1.807, 2.05) is 0 Å². The summed E-state index contributed by atoms with van der Waals surface area (Å²) in [5, 5.41) is 0. The average molecular weight is 652 g/mol. The van der Waals surface area contributed by atoms with Gasteiger partial charge in [0.25, 0.3) is 0 Å². The summed E-state index contributed by atoms with van der Waals surface area (Å²) in [6, 6.07) is 0. The first-order chi connectivity index (χ1) is 0. The van der Waals surface area contributed by atoms with Gasteiger partial charge in [-0.05, 0) is 0 Å². The third kappa shape index (κ3) is 23.6. The predicted octanol–water partition coefficient (Wildman–Crippen LogP) is -1.91. The molecule has 20 radical (unpaired) electrons. The second-order valence-electron chi connectivity index (χ2n) is 0. The summed E-state index contributed by atoms with van der Waals surface area (Å²) in [5.41, 5.74) is 0. The van der Waals surface area contributed by atoms with E-state index >= 15 is 0 Å². The molecule has 0 saturated carbocycles. The molecule has 0 heterocycles. The summed E-state index contributed by atoms with van der Waals surface area (Å²) in [7, 11) is 0. The van der Waals surface area contributed by atoms with Gasteiger partial charge in [0, 0.05) is 136 Å². The van der Waals surface area contributed by atoms with Gasteiger partial charge in [0.05, 0.1) is 0 Å². The van der Waals surface area contributed by atoms with Gasteiger partial charge in [-0.25, -0.2) is 0 Å². The first-order valence-corrected chi connectivity index (χ1v) is 0. The van der Waals surface area contributed by atoms with Crippen molar-refractivity contribution in [2.75, 3.05) is 0 Å². The standard InChI is InChI=1S/Ni.5Sn.